The molecule has 1 saturated heterocycles. The third-order valence-electron chi connectivity index (χ3n) is 5.72. The van der Waals surface area contributed by atoms with Crippen LogP contribution < -0.4 is 15.1 Å². The van der Waals surface area contributed by atoms with Crippen LogP contribution in [0.25, 0.3) is 0 Å². The van der Waals surface area contributed by atoms with Crippen LogP contribution in [0.5, 0.6) is 5.88 Å². The summed E-state index contributed by atoms with van der Waals surface area (Å²) >= 11 is 0. The zero-order valence-corrected chi connectivity index (χ0v) is 15.1. The summed E-state index contributed by atoms with van der Waals surface area (Å²) < 4.78 is 5.17. The van der Waals surface area contributed by atoms with E-state index in [4.69, 9.17) is 9.94 Å². The van der Waals surface area contributed by atoms with Crippen molar-refractivity contribution in [3.63, 3.8) is 0 Å². The highest BCUT2D eigenvalue weighted by atomic mass is 16.5. The molecule has 2 N–H and O–H groups in total. The van der Waals surface area contributed by atoms with Crippen LogP contribution in [0.3, 0.4) is 0 Å². The smallest absolute Gasteiger partial charge is 0.274 e. The van der Waals surface area contributed by atoms with Crippen molar-refractivity contribution in [2.45, 2.75) is 25.7 Å². The van der Waals surface area contributed by atoms with Gasteiger partial charge in [0.15, 0.2) is 0 Å². The Labute approximate surface area is 156 Å². The summed E-state index contributed by atoms with van der Waals surface area (Å²) in [6.45, 7) is 0.673. The topological polar surface area (TPSA) is 91.8 Å². The van der Waals surface area contributed by atoms with Gasteiger partial charge in [0.25, 0.3) is 5.91 Å². The zero-order valence-electron chi connectivity index (χ0n) is 15.1. The van der Waals surface area contributed by atoms with E-state index >= 15 is 0 Å². The van der Waals surface area contributed by atoms with Crippen LogP contribution in [0.2, 0.25) is 0 Å². The number of pyridine rings is 1. The van der Waals surface area contributed by atoms with Gasteiger partial charge in [-0.3, -0.25) is 14.8 Å². The highest BCUT2D eigenvalue weighted by Crippen LogP contribution is 2.45. The number of carbonyl (C=O) groups excluding carboxylic acids is 2. The molecule has 1 aromatic carbocycles. The molecule has 0 radical (unpaired) electrons. The number of fused-ring (bicyclic) bond motifs is 1. The number of nitrogens with zero attached hydrogens (tertiary/aromatic N) is 2. The lowest BCUT2D eigenvalue weighted by Gasteiger charge is -2.33. The molecule has 2 amide bonds. The van der Waals surface area contributed by atoms with E-state index in [1.807, 2.05) is 17.0 Å². The number of ether oxygens (including phenoxy) is 1. The van der Waals surface area contributed by atoms with Crippen molar-refractivity contribution in [2.75, 3.05) is 18.6 Å². The molecule has 0 unspecified atom stereocenters. The summed E-state index contributed by atoms with van der Waals surface area (Å²) in [7, 11) is 1.56. The van der Waals surface area contributed by atoms with E-state index in [1.165, 1.54) is 0 Å². The van der Waals surface area contributed by atoms with E-state index in [2.05, 4.69) is 4.98 Å². The molecule has 1 aliphatic carbocycles. The van der Waals surface area contributed by atoms with Crippen molar-refractivity contribution in [1.29, 1.82) is 0 Å². The minimum atomic E-state index is -0.521. The third-order valence-corrected chi connectivity index (χ3v) is 5.72. The molecule has 0 saturated carbocycles. The van der Waals surface area contributed by atoms with E-state index in [0.29, 0.717) is 24.4 Å². The standard InChI is InChI=1S/C20H21N3O4/c1-27-17-11-16(5-8-21-17)23-9-7-20(19(23)25)6-4-13-10-14(18(24)22-26)2-3-15(13)12-20/h2-3,5,8,10-11,26H,4,6-7,9,12H2,1H3,(H,22,24)/t20-/m0/s1. The number of hydrogen-bond donors (Lipinski definition) is 2. The minimum Gasteiger partial charge on any atom is -0.481 e. The SMILES string of the molecule is COc1cc(N2CC[C@]3(CCc4cc(C(=O)NO)ccc4C3)C2=O)ccn1. The Morgan fingerprint density at radius 3 is 2.89 bits per heavy atom. The van der Waals surface area contributed by atoms with Crippen molar-refractivity contribution >= 4 is 17.5 Å². The molecule has 1 aromatic heterocycles. The monoisotopic (exact) mass is 367 g/mol. The van der Waals surface area contributed by atoms with Crippen LogP contribution >= 0.6 is 0 Å². The summed E-state index contributed by atoms with van der Waals surface area (Å²) in [5.74, 6) is 0.108. The summed E-state index contributed by atoms with van der Waals surface area (Å²) in [6, 6.07) is 9.00. The van der Waals surface area contributed by atoms with Crippen molar-refractivity contribution in [3.8, 4) is 5.88 Å². The van der Waals surface area contributed by atoms with Crippen LogP contribution in [0.15, 0.2) is 36.5 Å². The van der Waals surface area contributed by atoms with Gasteiger partial charge in [0.1, 0.15) is 0 Å². The number of nitrogens with one attached hydrogen (secondary N) is 1. The summed E-state index contributed by atoms with van der Waals surface area (Å²) in [5.41, 5.74) is 4.66. The maximum Gasteiger partial charge on any atom is 0.274 e. The molecule has 1 atom stereocenters. The van der Waals surface area contributed by atoms with Gasteiger partial charge in [0.05, 0.1) is 18.2 Å². The summed E-state index contributed by atoms with van der Waals surface area (Å²) in [5, 5.41) is 8.81. The van der Waals surface area contributed by atoms with Crippen LogP contribution in [-0.2, 0) is 17.6 Å². The van der Waals surface area contributed by atoms with Gasteiger partial charge >= 0.3 is 0 Å². The molecule has 4 rings (SSSR count). The van der Waals surface area contributed by atoms with E-state index < -0.39 is 11.3 Å². The van der Waals surface area contributed by atoms with E-state index in [1.54, 1.807) is 37.0 Å². The highest BCUT2D eigenvalue weighted by Gasteiger charge is 2.48. The number of hydrogen-bond acceptors (Lipinski definition) is 5. The van der Waals surface area contributed by atoms with Gasteiger partial charge in [0, 0.05) is 24.4 Å². The number of carbonyl (C=O) groups is 2. The fourth-order valence-electron chi connectivity index (χ4n) is 4.21. The quantitative estimate of drug-likeness (QED) is 0.640. The average molecular weight is 367 g/mol. The Hall–Kier alpha value is -2.93. The second kappa shape index (κ2) is 6.66. The number of amides is 2. The number of aromatic nitrogens is 1. The van der Waals surface area contributed by atoms with Gasteiger partial charge in [-0.25, -0.2) is 10.5 Å². The predicted molar refractivity (Wildman–Crippen MR) is 97.9 cm³/mol. The molecule has 7 heteroatoms. The molecule has 2 heterocycles. The lowest BCUT2D eigenvalue weighted by Crippen LogP contribution is -2.38. The van der Waals surface area contributed by atoms with Crippen LogP contribution in [0, 0.1) is 5.41 Å². The van der Waals surface area contributed by atoms with Crippen molar-refractivity contribution in [3.05, 3.63) is 53.2 Å². The van der Waals surface area contributed by atoms with Gasteiger partial charge in [-0.15, -0.1) is 0 Å². The van der Waals surface area contributed by atoms with Crippen LogP contribution in [0.1, 0.15) is 34.3 Å². The number of methoxy groups -OCH3 is 1. The predicted octanol–water partition coefficient (Wildman–Crippen LogP) is 2.12. The first-order valence-corrected chi connectivity index (χ1v) is 8.94. The van der Waals surface area contributed by atoms with Gasteiger partial charge in [-0.2, -0.15) is 0 Å². The van der Waals surface area contributed by atoms with Gasteiger partial charge in [-0.05, 0) is 55.0 Å². The molecule has 140 valence electrons. The number of anilines is 1. The lowest BCUT2D eigenvalue weighted by atomic mass is 9.70. The molecular formula is C20H21N3O4. The first kappa shape index (κ1) is 17.5. The fourth-order valence-corrected chi connectivity index (χ4v) is 4.21. The molecule has 2 aromatic rings. The Morgan fingerprint density at radius 2 is 2.11 bits per heavy atom. The number of aryl methyl sites for hydroxylation is 1. The first-order chi connectivity index (χ1) is 13.1. The lowest BCUT2D eigenvalue weighted by molar-refractivity contribution is -0.126. The van der Waals surface area contributed by atoms with Crippen LogP contribution in [0.4, 0.5) is 5.69 Å². The van der Waals surface area contributed by atoms with Gasteiger partial charge in [-0.1, -0.05) is 6.07 Å². The fraction of sp³-hybridized carbons (Fsp3) is 0.350. The molecule has 2 aliphatic rings. The van der Waals surface area contributed by atoms with Crippen molar-refractivity contribution in [2.24, 2.45) is 5.41 Å². The Balaban J connectivity index is 1.59. The minimum absolute atomic E-state index is 0.138. The second-order valence-corrected chi connectivity index (χ2v) is 7.14. The summed E-state index contributed by atoms with van der Waals surface area (Å²) in [4.78, 5) is 30.8. The summed E-state index contributed by atoms with van der Waals surface area (Å²) in [6.07, 6.45) is 4.61. The normalized spacial score (nSPS) is 21.3. The molecule has 1 spiro atoms. The van der Waals surface area contributed by atoms with Crippen molar-refractivity contribution < 1.29 is 19.5 Å². The molecule has 1 aliphatic heterocycles. The van der Waals surface area contributed by atoms with Gasteiger partial charge < -0.3 is 9.64 Å². The molecule has 1 fully saturated rings. The second-order valence-electron chi connectivity index (χ2n) is 7.14. The van der Waals surface area contributed by atoms with Crippen molar-refractivity contribution in [1.82, 2.24) is 10.5 Å². The number of benzene rings is 1. The Morgan fingerprint density at radius 1 is 1.26 bits per heavy atom. The Bertz CT molecular complexity index is 914. The van der Waals surface area contributed by atoms with E-state index in [9.17, 15) is 9.59 Å². The van der Waals surface area contributed by atoms with E-state index in [-0.39, 0.29) is 5.91 Å². The van der Waals surface area contributed by atoms with Gasteiger partial charge in [0.2, 0.25) is 11.8 Å². The average Bonchev–Trinajstić information content (AvgIpc) is 3.02. The first-order valence-electron chi connectivity index (χ1n) is 8.94. The van der Waals surface area contributed by atoms with Crippen LogP contribution in [-0.4, -0.2) is 35.7 Å². The Kier molecular flexibility index (Phi) is 4.31. The third kappa shape index (κ3) is 2.94. The number of rotatable bonds is 3. The maximum absolute atomic E-state index is 13.3. The molecule has 27 heavy (non-hydrogen) atoms. The largest absolute Gasteiger partial charge is 0.481 e. The molecular weight excluding hydrogens is 346 g/mol. The highest BCUT2D eigenvalue weighted by molar-refractivity contribution is 6.00. The maximum atomic E-state index is 13.3. The zero-order chi connectivity index (χ0) is 19.0. The molecule has 0 bridgehead atoms. The van der Waals surface area contributed by atoms with E-state index in [0.717, 1.165) is 36.1 Å². The molecule has 7 nitrogen and oxygen atoms in total. The number of hydroxylamine groups is 1.